The Morgan fingerprint density at radius 3 is 2.25 bits per heavy atom. The SMILES string of the molecule is COC(=O)c1nc(C(=O)O)c2[nH]c(C(=O)OC)nc2n1. The normalized spacial score (nSPS) is 10.3. The van der Waals surface area contributed by atoms with Crippen molar-refractivity contribution < 1.29 is 29.0 Å². The number of ether oxygens (including phenoxy) is 2. The Labute approximate surface area is 110 Å². The number of fused-ring (bicyclic) bond motifs is 1. The van der Waals surface area contributed by atoms with Crippen molar-refractivity contribution in [1.82, 2.24) is 19.9 Å². The third kappa shape index (κ3) is 2.13. The molecule has 10 heteroatoms. The van der Waals surface area contributed by atoms with E-state index < -0.39 is 29.4 Å². The van der Waals surface area contributed by atoms with E-state index in [1.807, 2.05) is 0 Å². The third-order valence-electron chi connectivity index (χ3n) is 2.30. The molecule has 0 aliphatic carbocycles. The second kappa shape index (κ2) is 4.91. The lowest BCUT2D eigenvalue weighted by atomic mass is 10.3. The predicted octanol–water partition coefficient (Wildman–Crippen LogP) is -0.376. The number of carbonyl (C=O) groups is 3. The van der Waals surface area contributed by atoms with E-state index in [4.69, 9.17) is 5.11 Å². The monoisotopic (exact) mass is 280 g/mol. The molecule has 0 radical (unpaired) electrons. The van der Waals surface area contributed by atoms with Crippen molar-refractivity contribution in [1.29, 1.82) is 0 Å². The second-order valence-corrected chi connectivity index (χ2v) is 3.47. The zero-order chi connectivity index (χ0) is 14.9. The van der Waals surface area contributed by atoms with Crippen molar-refractivity contribution in [2.75, 3.05) is 14.2 Å². The van der Waals surface area contributed by atoms with Crippen molar-refractivity contribution in [2.45, 2.75) is 0 Å². The molecule has 2 aromatic rings. The summed E-state index contributed by atoms with van der Waals surface area (Å²) < 4.78 is 8.85. The average Bonchev–Trinajstić information content (AvgIpc) is 2.87. The van der Waals surface area contributed by atoms with Crippen LogP contribution in [0.2, 0.25) is 0 Å². The molecule has 0 fully saturated rings. The summed E-state index contributed by atoms with van der Waals surface area (Å²) in [5, 5.41) is 9.06. The molecule has 2 N–H and O–H groups in total. The summed E-state index contributed by atoms with van der Waals surface area (Å²) in [4.78, 5) is 47.3. The van der Waals surface area contributed by atoms with Gasteiger partial charge in [-0.1, -0.05) is 0 Å². The van der Waals surface area contributed by atoms with Gasteiger partial charge in [0.15, 0.2) is 11.3 Å². The number of esters is 2. The maximum absolute atomic E-state index is 11.4. The molecular formula is C10H8N4O6. The Morgan fingerprint density at radius 1 is 1.05 bits per heavy atom. The first-order valence-corrected chi connectivity index (χ1v) is 5.15. The molecule has 0 saturated carbocycles. The van der Waals surface area contributed by atoms with E-state index >= 15 is 0 Å². The highest BCUT2D eigenvalue weighted by Crippen LogP contribution is 2.14. The van der Waals surface area contributed by atoms with Crippen LogP contribution in [0.25, 0.3) is 11.2 Å². The summed E-state index contributed by atoms with van der Waals surface area (Å²) in [5.41, 5.74) is -0.748. The Balaban J connectivity index is 2.71. The van der Waals surface area contributed by atoms with E-state index in [0.717, 1.165) is 14.2 Å². The van der Waals surface area contributed by atoms with Crippen LogP contribution in [0.4, 0.5) is 0 Å². The van der Waals surface area contributed by atoms with Gasteiger partial charge in [-0.25, -0.2) is 29.3 Å². The van der Waals surface area contributed by atoms with Gasteiger partial charge < -0.3 is 19.6 Å². The second-order valence-electron chi connectivity index (χ2n) is 3.47. The van der Waals surface area contributed by atoms with Crippen LogP contribution < -0.4 is 0 Å². The number of nitrogens with zero attached hydrogens (tertiary/aromatic N) is 3. The third-order valence-corrected chi connectivity index (χ3v) is 2.30. The summed E-state index contributed by atoms with van der Waals surface area (Å²) in [6, 6.07) is 0. The number of hydrogen-bond acceptors (Lipinski definition) is 8. The molecule has 0 aliphatic rings. The van der Waals surface area contributed by atoms with Gasteiger partial charge in [-0.05, 0) is 0 Å². The minimum atomic E-state index is -1.41. The van der Waals surface area contributed by atoms with Crippen LogP contribution in [-0.2, 0) is 9.47 Å². The Bertz CT molecular complexity index is 722. The number of imidazole rings is 1. The van der Waals surface area contributed by atoms with Gasteiger partial charge in [0.2, 0.25) is 11.6 Å². The summed E-state index contributed by atoms with van der Waals surface area (Å²) in [6.45, 7) is 0. The molecule has 0 aromatic carbocycles. The van der Waals surface area contributed by atoms with Gasteiger partial charge in [0.05, 0.1) is 14.2 Å². The van der Waals surface area contributed by atoms with Crippen LogP contribution >= 0.6 is 0 Å². The number of H-pyrrole nitrogens is 1. The average molecular weight is 280 g/mol. The maximum atomic E-state index is 11.4. The molecule has 10 nitrogen and oxygen atoms in total. The van der Waals surface area contributed by atoms with Crippen LogP contribution in [0.15, 0.2) is 0 Å². The summed E-state index contributed by atoms with van der Waals surface area (Å²) in [7, 11) is 2.24. The number of methoxy groups -OCH3 is 2. The van der Waals surface area contributed by atoms with Crippen LogP contribution in [-0.4, -0.2) is 57.2 Å². The minimum absolute atomic E-state index is 0.0921. The Kier molecular flexibility index (Phi) is 3.29. The number of nitrogens with one attached hydrogen (secondary N) is 1. The lowest BCUT2D eigenvalue weighted by molar-refractivity contribution is 0.0578. The lowest BCUT2D eigenvalue weighted by Crippen LogP contribution is -2.12. The van der Waals surface area contributed by atoms with Crippen molar-refractivity contribution in [3.05, 3.63) is 17.3 Å². The fraction of sp³-hybridized carbons (Fsp3) is 0.200. The van der Waals surface area contributed by atoms with E-state index in [2.05, 4.69) is 29.4 Å². The first-order chi connectivity index (χ1) is 9.47. The molecule has 0 bridgehead atoms. The first-order valence-electron chi connectivity index (χ1n) is 5.15. The molecule has 0 unspecified atom stereocenters. The Hall–Kier alpha value is -3.04. The number of carboxylic acid groups (broad SMARTS) is 1. The molecule has 0 saturated heterocycles. The number of carbonyl (C=O) groups excluding carboxylic acids is 2. The fourth-order valence-corrected chi connectivity index (χ4v) is 1.43. The molecular weight excluding hydrogens is 272 g/mol. The molecule has 0 aliphatic heterocycles. The quantitative estimate of drug-likeness (QED) is 0.718. The number of rotatable bonds is 3. The number of carboxylic acids is 1. The summed E-state index contributed by atoms with van der Waals surface area (Å²) in [6.07, 6.45) is 0. The maximum Gasteiger partial charge on any atom is 0.376 e. The van der Waals surface area contributed by atoms with Crippen molar-refractivity contribution >= 4 is 29.1 Å². The first kappa shape index (κ1) is 13.4. The van der Waals surface area contributed by atoms with Crippen LogP contribution in [0.1, 0.15) is 31.7 Å². The molecule has 0 spiro atoms. The zero-order valence-corrected chi connectivity index (χ0v) is 10.3. The Morgan fingerprint density at radius 2 is 1.70 bits per heavy atom. The van der Waals surface area contributed by atoms with Crippen molar-refractivity contribution in [3.63, 3.8) is 0 Å². The van der Waals surface area contributed by atoms with E-state index in [1.165, 1.54) is 0 Å². The molecule has 104 valence electrons. The van der Waals surface area contributed by atoms with Crippen LogP contribution in [0.3, 0.4) is 0 Å². The highest BCUT2D eigenvalue weighted by molar-refractivity contribution is 6.01. The van der Waals surface area contributed by atoms with E-state index in [-0.39, 0.29) is 17.0 Å². The highest BCUT2D eigenvalue weighted by atomic mass is 16.5. The molecule has 0 amide bonds. The smallest absolute Gasteiger partial charge is 0.376 e. The summed E-state index contributed by atoms with van der Waals surface area (Å²) in [5.74, 6) is -3.86. The topological polar surface area (TPSA) is 144 Å². The number of aromatic carboxylic acids is 1. The van der Waals surface area contributed by atoms with Crippen LogP contribution in [0, 0.1) is 0 Å². The van der Waals surface area contributed by atoms with E-state index in [1.54, 1.807) is 0 Å². The minimum Gasteiger partial charge on any atom is -0.476 e. The van der Waals surface area contributed by atoms with Crippen molar-refractivity contribution in [3.8, 4) is 0 Å². The molecule has 2 heterocycles. The largest absolute Gasteiger partial charge is 0.476 e. The van der Waals surface area contributed by atoms with Crippen molar-refractivity contribution in [2.24, 2.45) is 0 Å². The lowest BCUT2D eigenvalue weighted by Gasteiger charge is -1.99. The molecule has 2 aromatic heterocycles. The molecule has 0 atom stereocenters. The van der Waals surface area contributed by atoms with Gasteiger partial charge in [-0.15, -0.1) is 0 Å². The van der Waals surface area contributed by atoms with Gasteiger partial charge in [0.1, 0.15) is 5.52 Å². The van der Waals surface area contributed by atoms with E-state index in [0.29, 0.717) is 0 Å². The fourth-order valence-electron chi connectivity index (χ4n) is 1.43. The number of aromatic nitrogens is 4. The molecule has 20 heavy (non-hydrogen) atoms. The van der Waals surface area contributed by atoms with Crippen LogP contribution in [0.5, 0.6) is 0 Å². The van der Waals surface area contributed by atoms with Gasteiger partial charge in [0.25, 0.3) is 0 Å². The summed E-state index contributed by atoms with van der Waals surface area (Å²) >= 11 is 0. The van der Waals surface area contributed by atoms with E-state index in [9.17, 15) is 14.4 Å². The van der Waals surface area contributed by atoms with Gasteiger partial charge in [-0.3, -0.25) is 0 Å². The van der Waals surface area contributed by atoms with Gasteiger partial charge >= 0.3 is 17.9 Å². The molecule has 2 rings (SSSR count). The number of hydrogen-bond donors (Lipinski definition) is 2. The van der Waals surface area contributed by atoms with Gasteiger partial charge in [-0.2, -0.15) is 0 Å². The highest BCUT2D eigenvalue weighted by Gasteiger charge is 2.23. The zero-order valence-electron chi connectivity index (χ0n) is 10.3. The predicted molar refractivity (Wildman–Crippen MR) is 61.3 cm³/mol. The number of aromatic amines is 1. The van der Waals surface area contributed by atoms with Gasteiger partial charge in [0, 0.05) is 0 Å². The standard InChI is InChI=1S/C10H8N4O6/c1-19-9(17)6-11-3-4(8(15)16)12-7(10(18)20-2)14-5(3)13-6/h1-2H3,(H,15,16)(H,11,12,13,14).